The van der Waals surface area contributed by atoms with Gasteiger partial charge in [0.25, 0.3) is 0 Å². The maximum atomic E-state index is 2.99. The second-order valence-corrected chi connectivity index (χ2v) is 12.1. The maximum absolute atomic E-state index is 2.99. The van der Waals surface area contributed by atoms with Gasteiger partial charge in [0.2, 0.25) is 0 Å². The average Bonchev–Trinajstić information content (AvgIpc) is 3.60. The van der Waals surface area contributed by atoms with Crippen molar-refractivity contribution in [3.8, 4) is 0 Å². The van der Waals surface area contributed by atoms with Crippen LogP contribution in [0.15, 0.2) is 115 Å². The molecule has 5 aromatic rings. The minimum atomic E-state index is 0. The van der Waals surface area contributed by atoms with Gasteiger partial charge in [-0.2, -0.15) is 6.08 Å². The standard InChI is InChI=1S/C17H18.C15H13.C5H5.2ClH.Zr/c1-17(2,3)16-11-9-15(10-12-16)13-14-7-5-4-6-8-14;1-10-3-5-14-12(7-10)9-13-8-11(2)4-6-15(13)14;1-2-4-5-3-1;;;/h4-12H,1-3H3;3-9H,1-2H3;1-3H,4H2;2*1H;/q;2*-1;;;+2/p-2. The van der Waals surface area contributed by atoms with Crippen molar-refractivity contribution >= 4 is 24.8 Å². The van der Waals surface area contributed by atoms with Crippen LogP contribution in [-0.2, 0) is 29.7 Å². The fourth-order valence-corrected chi connectivity index (χ4v) is 5.33. The van der Waals surface area contributed by atoms with Crippen LogP contribution in [0.25, 0.3) is 21.5 Å². The molecule has 0 radical (unpaired) electrons. The monoisotopic (exact) mass is 640 g/mol. The third-order valence-electron chi connectivity index (χ3n) is 6.70. The number of halogens is 2. The summed E-state index contributed by atoms with van der Waals surface area (Å²) in [4.78, 5) is 0. The van der Waals surface area contributed by atoms with Crippen molar-refractivity contribution in [3.05, 3.63) is 149 Å². The molecule has 0 spiro atoms. The van der Waals surface area contributed by atoms with Gasteiger partial charge in [-0.15, -0.1) is 46.2 Å². The molecule has 0 unspecified atom stereocenters. The molecule has 1 aliphatic carbocycles. The zero-order valence-electron chi connectivity index (χ0n) is 23.9. The zero-order valence-corrected chi connectivity index (χ0v) is 27.9. The number of hydrogen-bond donors (Lipinski definition) is 0. The number of benzene rings is 4. The third kappa shape index (κ3) is 9.04. The normalized spacial score (nSPS) is 11.6. The van der Waals surface area contributed by atoms with Crippen molar-refractivity contribution in [2.24, 2.45) is 0 Å². The van der Waals surface area contributed by atoms with E-state index in [4.69, 9.17) is 0 Å². The summed E-state index contributed by atoms with van der Waals surface area (Å²) in [5.41, 5.74) is 6.95. The molecule has 0 saturated carbocycles. The minimum Gasteiger partial charge on any atom is -1.00 e. The van der Waals surface area contributed by atoms with Crippen molar-refractivity contribution in [1.82, 2.24) is 0 Å². The molecular formula is C37H36Cl2Zr-2. The Kier molecular flexibility index (Phi) is 13.1. The fourth-order valence-electron chi connectivity index (χ4n) is 4.51. The van der Waals surface area contributed by atoms with Gasteiger partial charge in [-0.1, -0.05) is 35.4 Å². The first-order valence-corrected chi connectivity index (χ1v) is 14.5. The van der Waals surface area contributed by atoms with E-state index in [1.165, 1.54) is 76.8 Å². The predicted molar refractivity (Wildman–Crippen MR) is 163 cm³/mol. The number of rotatable bonds is 2. The Morgan fingerprint density at radius 1 is 0.725 bits per heavy atom. The Morgan fingerprint density at radius 3 is 1.68 bits per heavy atom. The minimum absolute atomic E-state index is 0. The van der Waals surface area contributed by atoms with Gasteiger partial charge in [0, 0.05) is 0 Å². The van der Waals surface area contributed by atoms with Gasteiger partial charge in [0.05, 0.1) is 0 Å². The molecule has 0 amide bonds. The molecule has 6 rings (SSSR count). The van der Waals surface area contributed by atoms with E-state index in [1.54, 1.807) is 0 Å². The molecule has 1 aliphatic rings. The van der Waals surface area contributed by atoms with Crippen LogP contribution in [0.1, 0.15) is 55.0 Å². The molecule has 0 N–H and O–H groups in total. The quantitative estimate of drug-likeness (QED) is 0.258. The molecule has 0 heterocycles. The van der Waals surface area contributed by atoms with Crippen LogP contribution >= 0.6 is 0 Å². The molecule has 0 aliphatic heterocycles. The number of fused-ring (bicyclic) bond motifs is 3. The van der Waals surface area contributed by atoms with E-state index < -0.39 is 0 Å². The van der Waals surface area contributed by atoms with Gasteiger partial charge in [0.15, 0.2) is 0 Å². The van der Waals surface area contributed by atoms with Crippen LogP contribution < -0.4 is 24.8 Å². The second-order valence-electron chi connectivity index (χ2n) is 10.9. The summed E-state index contributed by atoms with van der Waals surface area (Å²) in [5.74, 6) is 0. The molecule has 0 saturated heterocycles. The van der Waals surface area contributed by atoms with Gasteiger partial charge in [0.1, 0.15) is 0 Å². The summed E-state index contributed by atoms with van der Waals surface area (Å²) in [6, 6.07) is 35.2. The topological polar surface area (TPSA) is 0 Å². The van der Waals surface area contributed by atoms with Gasteiger partial charge >= 0.3 is 125 Å². The van der Waals surface area contributed by atoms with E-state index >= 15 is 0 Å². The van der Waals surface area contributed by atoms with Crippen molar-refractivity contribution in [2.45, 2.75) is 46.5 Å². The van der Waals surface area contributed by atoms with Crippen molar-refractivity contribution < 1.29 is 49.0 Å². The summed E-state index contributed by atoms with van der Waals surface area (Å²) < 4.78 is 1.42. The van der Waals surface area contributed by atoms with Gasteiger partial charge < -0.3 is 24.8 Å². The van der Waals surface area contributed by atoms with Crippen LogP contribution in [0, 0.1) is 19.9 Å². The number of aryl methyl sites for hydroxylation is 2. The van der Waals surface area contributed by atoms with Crippen molar-refractivity contribution in [3.63, 3.8) is 0 Å². The average molecular weight is 643 g/mol. The van der Waals surface area contributed by atoms with E-state index in [2.05, 4.69) is 144 Å². The van der Waals surface area contributed by atoms with Gasteiger partial charge in [-0.3, -0.25) is 6.08 Å². The first-order valence-electron chi connectivity index (χ1n) is 13.3. The molecule has 40 heavy (non-hydrogen) atoms. The molecular weight excluding hydrogens is 607 g/mol. The SMILES string of the molecule is CC(C)(C)c1ccc([C](=[Zr+2])c2ccccc2)cc1.Cc1ccc2c(c1)[cH-]c1cc(C)ccc12.[C-]1=CC=CC1.[Cl-].[Cl-]. The molecule has 5 aromatic carbocycles. The smallest absolute Gasteiger partial charge is 0.0469 e. The van der Waals surface area contributed by atoms with E-state index in [-0.39, 0.29) is 30.2 Å². The summed E-state index contributed by atoms with van der Waals surface area (Å²) >= 11 is 1.46. The largest absolute Gasteiger partial charge is 1.00 e. The van der Waals surface area contributed by atoms with Crippen LogP contribution in [0.3, 0.4) is 0 Å². The van der Waals surface area contributed by atoms with Gasteiger partial charge in [-0.05, 0) is 13.8 Å². The molecule has 0 fully saturated rings. The molecule has 0 atom stereocenters. The van der Waals surface area contributed by atoms with E-state index in [0.29, 0.717) is 0 Å². The van der Waals surface area contributed by atoms with Crippen LogP contribution in [0.5, 0.6) is 0 Å². The molecule has 3 heteroatoms. The molecule has 0 aromatic heterocycles. The van der Waals surface area contributed by atoms with E-state index in [9.17, 15) is 0 Å². The first kappa shape index (κ1) is 33.8. The zero-order chi connectivity index (χ0) is 27.1. The Balaban J connectivity index is 0.000000230. The third-order valence-corrected chi connectivity index (χ3v) is 8.12. The maximum Gasteiger partial charge on any atom is -0.0469 e. The fraction of sp³-hybridized carbons (Fsp3) is 0.189. The van der Waals surface area contributed by atoms with Crippen molar-refractivity contribution in [2.75, 3.05) is 0 Å². The summed E-state index contributed by atoms with van der Waals surface area (Å²) in [6.07, 6.45) is 10.0. The number of hydrogen-bond acceptors (Lipinski definition) is 0. The Labute approximate surface area is 267 Å². The molecule has 0 bridgehead atoms. The Morgan fingerprint density at radius 2 is 1.25 bits per heavy atom. The second kappa shape index (κ2) is 15.5. The van der Waals surface area contributed by atoms with Crippen LogP contribution in [0.4, 0.5) is 0 Å². The Bertz CT molecular complexity index is 1510. The van der Waals surface area contributed by atoms with Gasteiger partial charge in [-0.25, -0.2) is 12.2 Å². The van der Waals surface area contributed by atoms with Crippen LogP contribution in [0.2, 0.25) is 0 Å². The molecule has 0 nitrogen and oxygen atoms in total. The first-order chi connectivity index (χ1) is 18.2. The van der Waals surface area contributed by atoms with E-state index in [1.807, 2.05) is 12.2 Å². The number of allylic oxidation sites excluding steroid dienone is 4. The van der Waals surface area contributed by atoms with E-state index in [0.717, 1.165) is 6.42 Å². The summed E-state index contributed by atoms with van der Waals surface area (Å²) in [6.45, 7) is 11.0. The van der Waals surface area contributed by atoms with Crippen molar-refractivity contribution in [1.29, 1.82) is 0 Å². The predicted octanol–water partition coefficient (Wildman–Crippen LogP) is 3.74. The molecule has 204 valence electrons. The summed E-state index contributed by atoms with van der Waals surface area (Å²) in [7, 11) is 0. The summed E-state index contributed by atoms with van der Waals surface area (Å²) in [5, 5.41) is 5.46. The van der Waals surface area contributed by atoms with Crippen LogP contribution in [-0.4, -0.2) is 3.21 Å². The Hall–Kier alpha value is -2.44.